The van der Waals surface area contributed by atoms with Crippen LogP contribution in [0.3, 0.4) is 0 Å². The lowest BCUT2D eigenvalue weighted by Gasteiger charge is -2.13. The largest absolute Gasteiger partial charge is 0.388 e. The Labute approximate surface area is 96.7 Å². The lowest BCUT2D eigenvalue weighted by atomic mass is 10.0. The molecule has 1 amide bonds. The summed E-state index contributed by atoms with van der Waals surface area (Å²) in [5.74, 6) is 0.0474. The van der Waals surface area contributed by atoms with Crippen LogP contribution in [0.4, 0.5) is 0 Å². The molecule has 1 aromatic carbocycles. The van der Waals surface area contributed by atoms with Gasteiger partial charge in [0.1, 0.15) is 0 Å². The average Bonchev–Trinajstić information content (AvgIpc) is 2.26. The number of amides is 1. The van der Waals surface area contributed by atoms with Crippen molar-refractivity contribution in [2.24, 2.45) is 0 Å². The Hall–Kier alpha value is -1.35. The van der Waals surface area contributed by atoms with E-state index in [0.717, 1.165) is 5.56 Å². The highest BCUT2D eigenvalue weighted by atomic mass is 16.3. The van der Waals surface area contributed by atoms with Gasteiger partial charge in [0.15, 0.2) is 0 Å². The number of benzene rings is 1. The van der Waals surface area contributed by atoms with E-state index in [1.54, 1.807) is 19.0 Å². The monoisotopic (exact) mass is 221 g/mol. The second-order valence-electron chi connectivity index (χ2n) is 4.25. The van der Waals surface area contributed by atoms with Crippen LogP contribution in [0.1, 0.15) is 30.1 Å². The zero-order valence-electron chi connectivity index (χ0n) is 10.1. The molecule has 3 heteroatoms. The number of hydrogen-bond acceptors (Lipinski definition) is 2. The minimum atomic E-state index is -0.551. The van der Waals surface area contributed by atoms with Crippen LogP contribution in [0, 0.1) is 6.92 Å². The molecule has 0 saturated heterocycles. The van der Waals surface area contributed by atoms with E-state index in [0.29, 0.717) is 12.8 Å². The van der Waals surface area contributed by atoms with E-state index in [4.69, 9.17) is 0 Å². The first-order valence-electron chi connectivity index (χ1n) is 5.45. The maximum atomic E-state index is 11.3. The highest BCUT2D eigenvalue weighted by Gasteiger charge is 2.11. The maximum absolute atomic E-state index is 11.3. The van der Waals surface area contributed by atoms with Gasteiger partial charge in [0.25, 0.3) is 0 Å². The second kappa shape index (κ2) is 5.66. The molecule has 0 radical (unpaired) electrons. The fourth-order valence-corrected chi connectivity index (χ4v) is 1.44. The van der Waals surface area contributed by atoms with Crippen molar-refractivity contribution < 1.29 is 9.90 Å². The molecule has 0 aliphatic heterocycles. The quantitative estimate of drug-likeness (QED) is 0.843. The zero-order valence-corrected chi connectivity index (χ0v) is 10.1. The Bertz CT molecular complexity index is 343. The summed E-state index contributed by atoms with van der Waals surface area (Å²) in [6, 6.07) is 7.74. The average molecular weight is 221 g/mol. The predicted molar refractivity (Wildman–Crippen MR) is 64.1 cm³/mol. The summed E-state index contributed by atoms with van der Waals surface area (Å²) in [6.45, 7) is 2.01. The summed E-state index contributed by atoms with van der Waals surface area (Å²) in [5, 5.41) is 9.87. The van der Waals surface area contributed by atoms with Crippen molar-refractivity contribution in [2.45, 2.75) is 25.9 Å². The van der Waals surface area contributed by atoms with Crippen molar-refractivity contribution in [1.29, 1.82) is 0 Å². The first-order chi connectivity index (χ1) is 7.50. The normalized spacial score (nSPS) is 12.2. The molecular weight excluding hydrogens is 202 g/mol. The molecule has 1 rings (SSSR count). The number of hydrogen-bond donors (Lipinski definition) is 1. The molecule has 0 aliphatic rings. The SMILES string of the molecule is Cc1ccc(C(O)CCC(=O)N(C)C)cc1. The molecule has 0 bridgehead atoms. The fraction of sp³-hybridized carbons (Fsp3) is 0.462. The molecule has 0 aliphatic carbocycles. The van der Waals surface area contributed by atoms with Crippen molar-refractivity contribution in [3.63, 3.8) is 0 Å². The standard InChI is InChI=1S/C13H19NO2/c1-10-4-6-11(7-5-10)12(15)8-9-13(16)14(2)3/h4-7,12,15H,8-9H2,1-3H3. The first kappa shape index (κ1) is 12.7. The van der Waals surface area contributed by atoms with Gasteiger partial charge in [0.2, 0.25) is 5.91 Å². The predicted octanol–water partition coefficient (Wildman–Crippen LogP) is 1.90. The minimum absolute atomic E-state index is 0.0474. The van der Waals surface area contributed by atoms with E-state index in [9.17, 15) is 9.90 Å². The Morgan fingerprint density at radius 1 is 1.31 bits per heavy atom. The van der Waals surface area contributed by atoms with Crippen LogP contribution in [-0.4, -0.2) is 30.0 Å². The number of carbonyl (C=O) groups excluding carboxylic acids is 1. The van der Waals surface area contributed by atoms with E-state index < -0.39 is 6.10 Å². The smallest absolute Gasteiger partial charge is 0.222 e. The second-order valence-corrected chi connectivity index (χ2v) is 4.25. The Balaban J connectivity index is 2.49. The fourth-order valence-electron chi connectivity index (χ4n) is 1.44. The summed E-state index contributed by atoms with van der Waals surface area (Å²) < 4.78 is 0. The van der Waals surface area contributed by atoms with Crippen molar-refractivity contribution >= 4 is 5.91 Å². The van der Waals surface area contributed by atoms with Crippen LogP contribution in [0.2, 0.25) is 0 Å². The molecule has 1 unspecified atom stereocenters. The van der Waals surface area contributed by atoms with Gasteiger partial charge in [-0.1, -0.05) is 29.8 Å². The van der Waals surface area contributed by atoms with Crippen LogP contribution in [0.5, 0.6) is 0 Å². The lowest BCUT2D eigenvalue weighted by molar-refractivity contribution is -0.129. The van der Waals surface area contributed by atoms with Crippen LogP contribution < -0.4 is 0 Å². The molecule has 88 valence electrons. The third kappa shape index (κ3) is 3.66. The summed E-state index contributed by atoms with van der Waals surface area (Å²) in [4.78, 5) is 12.9. The molecule has 0 fully saturated rings. The summed E-state index contributed by atoms with van der Waals surface area (Å²) >= 11 is 0. The molecule has 3 nitrogen and oxygen atoms in total. The number of nitrogens with zero attached hydrogens (tertiary/aromatic N) is 1. The van der Waals surface area contributed by atoms with Crippen molar-refractivity contribution in [3.05, 3.63) is 35.4 Å². The molecule has 1 N–H and O–H groups in total. The number of rotatable bonds is 4. The van der Waals surface area contributed by atoms with Gasteiger partial charge in [0, 0.05) is 20.5 Å². The van der Waals surface area contributed by atoms with Gasteiger partial charge >= 0.3 is 0 Å². The van der Waals surface area contributed by atoms with Crippen LogP contribution in [-0.2, 0) is 4.79 Å². The van der Waals surface area contributed by atoms with E-state index in [1.807, 2.05) is 31.2 Å². The van der Waals surface area contributed by atoms with Gasteiger partial charge in [0.05, 0.1) is 6.10 Å². The van der Waals surface area contributed by atoms with Gasteiger partial charge in [-0.2, -0.15) is 0 Å². The Kier molecular flexibility index (Phi) is 4.50. The maximum Gasteiger partial charge on any atom is 0.222 e. The summed E-state index contributed by atoms with van der Waals surface area (Å²) in [6.07, 6.45) is 0.298. The van der Waals surface area contributed by atoms with E-state index in [-0.39, 0.29) is 5.91 Å². The van der Waals surface area contributed by atoms with Crippen LogP contribution in [0.25, 0.3) is 0 Å². The highest BCUT2D eigenvalue weighted by Crippen LogP contribution is 2.18. The van der Waals surface area contributed by atoms with E-state index in [2.05, 4.69) is 0 Å². The molecule has 1 aromatic rings. The molecule has 0 aromatic heterocycles. The molecule has 0 saturated carbocycles. The van der Waals surface area contributed by atoms with Gasteiger partial charge in [-0.25, -0.2) is 0 Å². The Morgan fingerprint density at radius 3 is 2.38 bits per heavy atom. The topological polar surface area (TPSA) is 40.5 Å². The minimum Gasteiger partial charge on any atom is -0.388 e. The molecular formula is C13H19NO2. The van der Waals surface area contributed by atoms with Crippen molar-refractivity contribution in [2.75, 3.05) is 14.1 Å². The van der Waals surface area contributed by atoms with Crippen LogP contribution >= 0.6 is 0 Å². The highest BCUT2D eigenvalue weighted by molar-refractivity contribution is 5.75. The summed E-state index contributed by atoms with van der Waals surface area (Å²) in [5.41, 5.74) is 2.04. The molecule has 0 spiro atoms. The zero-order chi connectivity index (χ0) is 12.1. The first-order valence-corrected chi connectivity index (χ1v) is 5.45. The number of aliphatic hydroxyl groups excluding tert-OH is 1. The molecule has 1 atom stereocenters. The van der Waals surface area contributed by atoms with E-state index >= 15 is 0 Å². The van der Waals surface area contributed by atoms with Gasteiger partial charge < -0.3 is 10.0 Å². The van der Waals surface area contributed by atoms with Gasteiger partial charge in [-0.3, -0.25) is 4.79 Å². The molecule has 0 heterocycles. The lowest BCUT2D eigenvalue weighted by Crippen LogP contribution is -2.21. The number of aryl methyl sites for hydroxylation is 1. The van der Waals surface area contributed by atoms with Crippen molar-refractivity contribution in [3.8, 4) is 0 Å². The van der Waals surface area contributed by atoms with Crippen LogP contribution in [0.15, 0.2) is 24.3 Å². The number of carbonyl (C=O) groups is 1. The van der Waals surface area contributed by atoms with Gasteiger partial charge in [-0.05, 0) is 18.9 Å². The summed E-state index contributed by atoms with van der Waals surface area (Å²) in [7, 11) is 3.45. The third-order valence-corrected chi connectivity index (χ3v) is 2.59. The van der Waals surface area contributed by atoms with Gasteiger partial charge in [-0.15, -0.1) is 0 Å². The Morgan fingerprint density at radius 2 is 1.88 bits per heavy atom. The third-order valence-electron chi connectivity index (χ3n) is 2.59. The van der Waals surface area contributed by atoms with E-state index in [1.165, 1.54) is 5.56 Å². The molecule has 16 heavy (non-hydrogen) atoms. The number of aliphatic hydroxyl groups is 1. The van der Waals surface area contributed by atoms with Crippen molar-refractivity contribution in [1.82, 2.24) is 4.90 Å².